The Balaban J connectivity index is 1.38. The van der Waals surface area contributed by atoms with E-state index in [2.05, 4.69) is 20.0 Å². The summed E-state index contributed by atoms with van der Waals surface area (Å²) in [6, 6.07) is 10.6. The monoisotopic (exact) mass is 366 g/mol. The van der Waals surface area contributed by atoms with Gasteiger partial charge in [-0.05, 0) is 18.2 Å². The van der Waals surface area contributed by atoms with E-state index >= 15 is 0 Å². The summed E-state index contributed by atoms with van der Waals surface area (Å²) in [6.45, 7) is 3.48. The van der Waals surface area contributed by atoms with Crippen LogP contribution in [0.4, 0.5) is 11.4 Å². The van der Waals surface area contributed by atoms with Gasteiger partial charge in [0.25, 0.3) is 5.69 Å². The van der Waals surface area contributed by atoms with Crippen LogP contribution in [-0.4, -0.2) is 51.1 Å². The molecule has 1 aromatic carbocycles. The first-order valence-corrected chi connectivity index (χ1v) is 8.64. The molecule has 2 aromatic heterocycles. The molecular weight excluding hydrogens is 348 g/mol. The van der Waals surface area contributed by atoms with E-state index in [1.165, 1.54) is 0 Å². The summed E-state index contributed by atoms with van der Waals surface area (Å²) < 4.78 is 5.35. The fourth-order valence-corrected chi connectivity index (χ4v) is 3.16. The number of hydrogen-bond acceptors (Lipinski definition) is 8. The summed E-state index contributed by atoms with van der Waals surface area (Å²) in [6.07, 6.45) is 3.39. The van der Waals surface area contributed by atoms with Gasteiger partial charge in [0, 0.05) is 50.2 Å². The zero-order valence-electron chi connectivity index (χ0n) is 14.6. The molecule has 9 heteroatoms. The summed E-state index contributed by atoms with van der Waals surface area (Å²) in [5.41, 5.74) is 1.62. The molecule has 1 saturated heterocycles. The largest absolute Gasteiger partial charge is 0.363 e. The Labute approximate surface area is 155 Å². The zero-order valence-corrected chi connectivity index (χ0v) is 14.6. The Kier molecular flexibility index (Phi) is 4.75. The lowest BCUT2D eigenvalue weighted by molar-refractivity contribution is -0.384. The molecule has 1 aliphatic heterocycles. The first-order chi connectivity index (χ1) is 13.2. The highest BCUT2D eigenvalue weighted by molar-refractivity contribution is 5.63. The third-order valence-corrected chi connectivity index (χ3v) is 4.54. The van der Waals surface area contributed by atoms with Gasteiger partial charge in [-0.25, -0.2) is 0 Å². The molecule has 1 aliphatic rings. The highest BCUT2D eigenvalue weighted by Crippen LogP contribution is 2.28. The lowest BCUT2D eigenvalue weighted by atomic mass is 10.2. The molecule has 0 radical (unpaired) electrons. The van der Waals surface area contributed by atoms with Crippen LogP contribution in [0.2, 0.25) is 0 Å². The number of nitrogens with zero attached hydrogens (tertiary/aromatic N) is 6. The maximum atomic E-state index is 11.2. The molecule has 0 amide bonds. The second-order valence-corrected chi connectivity index (χ2v) is 6.26. The Morgan fingerprint density at radius 1 is 1.11 bits per heavy atom. The third kappa shape index (κ3) is 3.77. The molecule has 0 aliphatic carbocycles. The summed E-state index contributed by atoms with van der Waals surface area (Å²) >= 11 is 0. The summed E-state index contributed by atoms with van der Waals surface area (Å²) in [4.78, 5) is 23.6. The fraction of sp³-hybridized carbons (Fsp3) is 0.278. The number of piperazine rings is 1. The number of pyridine rings is 1. The standard InChI is InChI=1S/C18H18N6O3/c25-24(26)16-6-2-1-5-15(16)23-10-8-22(9-11-23)13-17-20-18(21-27-17)14-4-3-7-19-12-14/h1-7,12H,8-11,13H2. The van der Waals surface area contributed by atoms with Gasteiger partial charge in [0.2, 0.25) is 11.7 Å². The van der Waals surface area contributed by atoms with Gasteiger partial charge in [0.05, 0.1) is 11.5 Å². The topological polar surface area (TPSA) is 101 Å². The fourth-order valence-electron chi connectivity index (χ4n) is 3.16. The SMILES string of the molecule is O=[N+]([O-])c1ccccc1N1CCN(Cc2nc(-c3cccnc3)no2)CC1. The highest BCUT2D eigenvalue weighted by Gasteiger charge is 2.24. The minimum Gasteiger partial charge on any atom is -0.363 e. The predicted octanol–water partition coefficient (Wildman–Crippen LogP) is 2.36. The van der Waals surface area contributed by atoms with Crippen LogP contribution < -0.4 is 4.90 Å². The smallest absolute Gasteiger partial charge is 0.292 e. The zero-order chi connectivity index (χ0) is 18.6. The second kappa shape index (κ2) is 7.50. The van der Waals surface area contributed by atoms with Gasteiger partial charge < -0.3 is 9.42 Å². The summed E-state index contributed by atoms with van der Waals surface area (Å²) in [7, 11) is 0. The van der Waals surface area contributed by atoms with Crippen LogP contribution in [0.25, 0.3) is 11.4 Å². The van der Waals surface area contributed by atoms with Gasteiger partial charge in [-0.2, -0.15) is 4.98 Å². The number of hydrogen-bond donors (Lipinski definition) is 0. The average Bonchev–Trinajstić information content (AvgIpc) is 3.18. The van der Waals surface area contributed by atoms with E-state index in [1.807, 2.05) is 23.1 Å². The first-order valence-electron chi connectivity index (χ1n) is 8.64. The molecule has 0 unspecified atom stereocenters. The van der Waals surface area contributed by atoms with Crippen LogP contribution in [0.15, 0.2) is 53.3 Å². The molecule has 0 N–H and O–H groups in total. The van der Waals surface area contributed by atoms with Crippen molar-refractivity contribution in [1.29, 1.82) is 0 Å². The van der Waals surface area contributed by atoms with Crippen LogP contribution in [0.5, 0.6) is 0 Å². The molecule has 3 heterocycles. The molecule has 138 valence electrons. The van der Waals surface area contributed by atoms with Crippen molar-refractivity contribution < 1.29 is 9.45 Å². The van der Waals surface area contributed by atoms with Crippen LogP contribution in [0, 0.1) is 10.1 Å². The number of benzene rings is 1. The number of nitro groups is 1. The number of nitro benzene ring substituents is 1. The van der Waals surface area contributed by atoms with Crippen molar-refractivity contribution in [2.24, 2.45) is 0 Å². The second-order valence-electron chi connectivity index (χ2n) is 6.26. The Hall–Kier alpha value is -3.33. The molecule has 0 bridgehead atoms. The van der Waals surface area contributed by atoms with Gasteiger partial charge in [0.15, 0.2) is 0 Å². The van der Waals surface area contributed by atoms with Crippen LogP contribution in [0.1, 0.15) is 5.89 Å². The van der Waals surface area contributed by atoms with E-state index in [1.54, 1.807) is 30.6 Å². The molecule has 3 aromatic rings. The van der Waals surface area contributed by atoms with Crippen molar-refractivity contribution >= 4 is 11.4 Å². The number of rotatable bonds is 5. The van der Waals surface area contributed by atoms with Crippen LogP contribution >= 0.6 is 0 Å². The van der Waals surface area contributed by atoms with E-state index in [-0.39, 0.29) is 10.6 Å². The minimum atomic E-state index is -0.333. The molecule has 4 rings (SSSR count). The Morgan fingerprint density at radius 2 is 1.93 bits per heavy atom. The predicted molar refractivity (Wildman–Crippen MR) is 98.1 cm³/mol. The van der Waals surface area contributed by atoms with Gasteiger partial charge >= 0.3 is 0 Å². The molecule has 0 atom stereocenters. The van der Waals surface area contributed by atoms with E-state index in [0.717, 1.165) is 18.7 Å². The van der Waals surface area contributed by atoms with E-state index in [4.69, 9.17) is 4.52 Å². The first kappa shape index (κ1) is 17.1. The van der Waals surface area contributed by atoms with Gasteiger partial charge in [-0.15, -0.1) is 0 Å². The molecular formula is C18H18N6O3. The normalized spacial score (nSPS) is 15.0. The van der Waals surface area contributed by atoms with Crippen molar-refractivity contribution in [1.82, 2.24) is 20.0 Å². The van der Waals surface area contributed by atoms with Crippen molar-refractivity contribution in [2.75, 3.05) is 31.1 Å². The third-order valence-electron chi connectivity index (χ3n) is 4.54. The van der Waals surface area contributed by atoms with E-state index in [0.29, 0.717) is 37.0 Å². The maximum Gasteiger partial charge on any atom is 0.292 e. The van der Waals surface area contributed by atoms with Crippen molar-refractivity contribution in [3.63, 3.8) is 0 Å². The lowest BCUT2D eigenvalue weighted by Crippen LogP contribution is -2.46. The summed E-state index contributed by atoms with van der Waals surface area (Å²) in [5, 5.41) is 15.2. The van der Waals surface area contributed by atoms with Crippen molar-refractivity contribution in [3.8, 4) is 11.4 Å². The van der Waals surface area contributed by atoms with E-state index in [9.17, 15) is 10.1 Å². The maximum absolute atomic E-state index is 11.2. The summed E-state index contributed by atoms with van der Waals surface area (Å²) in [5.74, 6) is 1.07. The van der Waals surface area contributed by atoms with Crippen LogP contribution in [-0.2, 0) is 6.54 Å². The van der Waals surface area contributed by atoms with Gasteiger partial charge in [0.1, 0.15) is 5.69 Å². The van der Waals surface area contributed by atoms with Crippen LogP contribution in [0.3, 0.4) is 0 Å². The van der Waals surface area contributed by atoms with Gasteiger partial charge in [-0.1, -0.05) is 17.3 Å². The molecule has 0 saturated carbocycles. The van der Waals surface area contributed by atoms with E-state index < -0.39 is 0 Å². The van der Waals surface area contributed by atoms with Crippen molar-refractivity contribution in [2.45, 2.75) is 6.54 Å². The number of para-hydroxylation sites is 2. The average molecular weight is 366 g/mol. The lowest BCUT2D eigenvalue weighted by Gasteiger charge is -2.35. The Bertz CT molecular complexity index is 922. The Morgan fingerprint density at radius 3 is 2.67 bits per heavy atom. The molecule has 9 nitrogen and oxygen atoms in total. The number of anilines is 1. The molecule has 27 heavy (non-hydrogen) atoms. The molecule has 1 fully saturated rings. The quantitative estimate of drug-likeness (QED) is 0.501. The number of aromatic nitrogens is 3. The highest BCUT2D eigenvalue weighted by atomic mass is 16.6. The minimum absolute atomic E-state index is 0.143. The molecule has 0 spiro atoms. The van der Waals surface area contributed by atoms with Crippen molar-refractivity contribution in [3.05, 3.63) is 64.8 Å². The van der Waals surface area contributed by atoms with Gasteiger partial charge in [-0.3, -0.25) is 20.0 Å².